The molecule has 16 heavy (non-hydrogen) atoms. The average Bonchev–Trinajstić information content (AvgIpc) is 2.27. The Kier molecular flexibility index (Phi) is 4.79. The molecule has 1 rings (SSSR count). The molecule has 4 heteroatoms. The molecule has 0 saturated carbocycles. The standard InChI is InChI=1S/C12H17NO3/c1-3-15-12(14)8-16-11-6-4-5-10(7-11)9(2)13/h4-7,9H,3,8,13H2,1-2H3/t9-/m1/s1. The van der Waals surface area contributed by atoms with E-state index in [9.17, 15) is 4.79 Å². The first-order valence-corrected chi connectivity index (χ1v) is 5.27. The van der Waals surface area contributed by atoms with Crippen LogP contribution in [0.15, 0.2) is 24.3 Å². The highest BCUT2D eigenvalue weighted by Gasteiger charge is 2.04. The molecule has 0 bridgehead atoms. The van der Waals surface area contributed by atoms with Crippen molar-refractivity contribution in [3.8, 4) is 5.75 Å². The number of carbonyl (C=O) groups excluding carboxylic acids is 1. The molecule has 1 aromatic rings. The van der Waals surface area contributed by atoms with Gasteiger partial charge in [-0.25, -0.2) is 4.79 Å². The molecule has 0 aliphatic carbocycles. The molecule has 0 heterocycles. The van der Waals surface area contributed by atoms with Gasteiger partial charge in [-0.3, -0.25) is 0 Å². The Balaban J connectivity index is 2.54. The SMILES string of the molecule is CCOC(=O)COc1cccc([C@@H](C)N)c1. The fraction of sp³-hybridized carbons (Fsp3) is 0.417. The van der Waals surface area contributed by atoms with Gasteiger partial charge in [0, 0.05) is 6.04 Å². The Morgan fingerprint density at radius 2 is 2.25 bits per heavy atom. The van der Waals surface area contributed by atoms with Crippen molar-refractivity contribution >= 4 is 5.97 Å². The molecule has 0 fully saturated rings. The van der Waals surface area contributed by atoms with Crippen LogP contribution in [-0.4, -0.2) is 19.2 Å². The molecular formula is C12H17NO3. The van der Waals surface area contributed by atoms with Crippen LogP contribution in [0.2, 0.25) is 0 Å². The van der Waals surface area contributed by atoms with Gasteiger partial charge in [0.25, 0.3) is 0 Å². The maximum Gasteiger partial charge on any atom is 0.344 e. The Labute approximate surface area is 95.3 Å². The summed E-state index contributed by atoms with van der Waals surface area (Å²) in [7, 11) is 0. The fourth-order valence-corrected chi connectivity index (χ4v) is 1.23. The first kappa shape index (κ1) is 12.5. The zero-order chi connectivity index (χ0) is 12.0. The molecule has 1 aromatic carbocycles. The summed E-state index contributed by atoms with van der Waals surface area (Å²) in [5, 5.41) is 0. The lowest BCUT2D eigenvalue weighted by Crippen LogP contribution is -2.14. The number of benzene rings is 1. The van der Waals surface area contributed by atoms with Crippen molar-refractivity contribution in [2.75, 3.05) is 13.2 Å². The Hall–Kier alpha value is -1.55. The largest absolute Gasteiger partial charge is 0.482 e. The van der Waals surface area contributed by atoms with Gasteiger partial charge in [-0.1, -0.05) is 12.1 Å². The summed E-state index contributed by atoms with van der Waals surface area (Å²) in [5.41, 5.74) is 6.71. The maximum atomic E-state index is 11.1. The van der Waals surface area contributed by atoms with E-state index in [4.69, 9.17) is 15.2 Å². The first-order chi connectivity index (χ1) is 7.63. The summed E-state index contributed by atoms with van der Waals surface area (Å²) in [6.45, 7) is 3.94. The molecule has 0 aliphatic heterocycles. The minimum absolute atomic E-state index is 0.0499. The third-order valence-electron chi connectivity index (χ3n) is 2.05. The van der Waals surface area contributed by atoms with E-state index in [2.05, 4.69) is 0 Å². The second-order valence-electron chi connectivity index (χ2n) is 3.45. The minimum atomic E-state index is -0.367. The smallest absolute Gasteiger partial charge is 0.344 e. The summed E-state index contributed by atoms with van der Waals surface area (Å²) in [5.74, 6) is 0.261. The topological polar surface area (TPSA) is 61.5 Å². The number of carbonyl (C=O) groups is 1. The molecule has 0 aromatic heterocycles. The van der Waals surface area contributed by atoms with Gasteiger partial charge in [0.2, 0.25) is 0 Å². The molecule has 0 spiro atoms. The van der Waals surface area contributed by atoms with Crippen molar-refractivity contribution in [3.63, 3.8) is 0 Å². The van der Waals surface area contributed by atoms with E-state index in [0.717, 1.165) is 5.56 Å². The maximum absolute atomic E-state index is 11.1. The van der Waals surface area contributed by atoms with Crippen molar-refractivity contribution in [1.29, 1.82) is 0 Å². The molecule has 0 saturated heterocycles. The number of rotatable bonds is 5. The van der Waals surface area contributed by atoms with Crippen LogP contribution in [-0.2, 0) is 9.53 Å². The molecule has 0 amide bonds. The highest BCUT2D eigenvalue weighted by molar-refractivity contribution is 5.71. The number of nitrogens with two attached hydrogens (primary N) is 1. The van der Waals surface area contributed by atoms with Gasteiger partial charge in [0.05, 0.1) is 6.61 Å². The van der Waals surface area contributed by atoms with Crippen LogP contribution < -0.4 is 10.5 Å². The van der Waals surface area contributed by atoms with Gasteiger partial charge in [0.1, 0.15) is 5.75 Å². The molecular weight excluding hydrogens is 206 g/mol. The Morgan fingerprint density at radius 3 is 2.88 bits per heavy atom. The summed E-state index contributed by atoms with van der Waals surface area (Å²) in [4.78, 5) is 11.1. The van der Waals surface area contributed by atoms with Crippen molar-refractivity contribution < 1.29 is 14.3 Å². The number of esters is 1. The quantitative estimate of drug-likeness (QED) is 0.771. The number of hydrogen-bond donors (Lipinski definition) is 1. The predicted octanol–water partition coefficient (Wildman–Crippen LogP) is 1.65. The van der Waals surface area contributed by atoms with Crippen molar-refractivity contribution in [3.05, 3.63) is 29.8 Å². The molecule has 0 aliphatic rings. The monoisotopic (exact) mass is 223 g/mol. The summed E-state index contributed by atoms with van der Waals surface area (Å²) >= 11 is 0. The number of hydrogen-bond acceptors (Lipinski definition) is 4. The highest BCUT2D eigenvalue weighted by Crippen LogP contribution is 2.17. The molecule has 1 atom stereocenters. The minimum Gasteiger partial charge on any atom is -0.482 e. The zero-order valence-corrected chi connectivity index (χ0v) is 9.60. The molecule has 88 valence electrons. The van der Waals surface area contributed by atoms with E-state index in [-0.39, 0.29) is 18.6 Å². The van der Waals surface area contributed by atoms with Crippen LogP contribution in [0.1, 0.15) is 25.5 Å². The third-order valence-corrected chi connectivity index (χ3v) is 2.05. The van der Waals surface area contributed by atoms with Crippen molar-refractivity contribution in [2.24, 2.45) is 5.73 Å². The fourth-order valence-electron chi connectivity index (χ4n) is 1.23. The first-order valence-electron chi connectivity index (χ1n) is 5.27. The third kappa shape index (κ3) is 3.90. The predicted molar refractivity (Wildman–Crippen MR) is 61.2 cm³/mol. The second kappa shape index (κ2) is 6.12. The zero-order valence-electron chi connectivity index (χ0n) is 9.60. The summed E-state index contributed by atoms with van der Waals surface area (Å²) in [6, 6.07) is 7.32. The molecule has 2 N–H and O–H groups in total. The average molecular weight is 223 g/mol. The van der Waals surface area contributed by atoms with E-state index in [1.54, 1.807) is 13.0 Å². The Bertz CT molecular complexity index is 350. The van der Waals surface area contributed by atoms with Crippen LogP contribution in [0.5, 0.6) is 5.75 Å². The summed E-state index contributed by atoms with van der Waals surface area (Å²) < 4.78 is 10.0. The highest BCUT2D eigenvalue weighted by atomic mass is 16.6. The van der Waals surface area contributed by atoms with E-state index >= 15 is 0 Å². The summed E-state index contributed by atoms with van der Waals surface area (Å²) in [6.07, 6.45) is 0. The normalized spacial score (nSPS) is 11.9. The second-order valence-corrected chi connectivity index (χ2v) is 3.45. The van der Waals surface area contributed by atoms with Crippen LogP contribution in [0.25, 0.3) is 0 Å². The van der Waals surface area contributed by atoms with Gasteiger partial charge < -0.3 is 15.2 Å². The van der Waals surface area contributed by atoms with E-state index in [0.29, 0.717) is 12.4 Å². The molecule has 0 unspecified atom stereocenters. The van der Waals surface area contributed by atoms with Crippen LogP contribution in [0, 0.1) is 0 Å². The van der Waals surface area contributed by atoms with Gasteiger partial charge in [-0.05, 0) is 31.5 Å². The van der Waals surface area contributed by atoms with Crippen LogP contribution in [0.4, 0.5) is 0 Å². The van der Waals surface area contributed by atoms with Crippen LogP contribution in [0.3, 0.4) is 0 Å². The van der Waals surface area contributed by atoms with Gasteiger partial charge >= 0.3 is 5.97 Å². The van der Waals surface area contributed by atoms with Crippen LogP contribution >= 0.6 is 0 Å². The molecule has 0 radical (unpaired) electrons. The van der Waals surface area contributed by atoms with Gasteiger partial charge in [-0.2, -0.15) is 0 Å². The van der Waals surface area contributed by atoms with E-state index in [1.165, 1.54) is 0 Å². The van der Waals surface area contributed by atoms with E-state index < -0.39 is 0 Å². The number of ether oxygens (including phenoxy) is 2. The lowest BCUT2D eigenvalue weighted by molar-refractivity contribution is -0.145. The van der Waals surface area contributed by atoms with Gasteiger partial charge in [0.15, 0.2) is 6.61 Å². The lowest BCUT2D eigenvalue weighted by Gasteiger charge is -2.09. The van der Waals surface area contributed by atoms with E-state index in [1.807, 2.05) is 25.1 Å². The van der Waals surface area contributed by atoms with Gasteiger partial charge in [-0.15, -0.1) is 0 Å². The molecule has 4 nitrogen and oxygen atoms in total. The Morgan fingerprint density at radius 1 is 1.50 bits per heavy atom. The van der Waals surface area contributed by atoms with Crippen molar-refractivity contribution in [2.45, 2.75) is 19.9 Å². The lowest BCUT2D eigenvalue weighted by atomic mass is 10.1. The van der Waals surface area contributed by atoms with Crippen molar-refractivity contribution in [1.82, 2.24) is 0 Å².